The molecule has 0 fully saturated rings. The standard InChI is InChI=1S/C13H11NOSi/c15-13-9-7-8-3-1-2-4-10(8)14-11(9)5-6-12(13)16/h1-7,14H,16H3. The van der Waals surface area contributed by atoms with Crippen LogP contribution >= 0.6 is 0 Å². The Balaban J connectivity index is 2.53. The molecule has 0 saturated carbocycles. The average molecular weight is 225 g/mol. The van der Waals surface area contributed by atoms with Crippen molar-refractivity contribution in [2.24, 2.45) is 0 Å². The summed E-state index contributed by atoms with van der Waals surface area (Å²) in [5, 5.41) is 2.01. The van der Waals surface area contributed by atoms with Crippen molar-refractivity contribution in [1.82, 2.24) is 4.98 Å². The van der Waals surface area contributed by atoms with Gasteiger partial charge in [0.05, 0.1) is 0 Å². The smallest absolute Gasteiger partial charge is 0.186 e. The molecule has 1 aromatic carbocycles. The zero-order chi connectivity index (χ0) is 11.1. The number of nitrogens with one attached hydrogen (secondary N) is 1. The van der Waals surface area contributed by atoms with Gasteiger partial charge in [-0.2, -0.15) is 0 Å². The Labute approximate surface area is 95.7 Å². The molecule has 2 nitrogen and oxygen atoms in total. The molecule has 1 N–H and O–H groups in total. The van der Waals surface area contributed by atoms with Crippen molar-refractivity contribution < 1.29 is 0 Å². The van der Waals surface area contributed by atoms with Crippen LogP contribution in [-0.2, 0) is 0 Å². The van der Waals surface area contributed by atoms with Gasteiger partial charge in [-0.25, -0.2) is 0 Å². The maximum atomic E-state index is 12.0. The van der Waals surface area contributed by atoms with Crippen molar-refractivity contribution in [3.8, 4) is 11.3 Å². The summed E-state index contributed by atoms with van der Waals surface area (Å²) in [5.41, 5.74) is 2.95. The van der Waals surface area contributed by atoms with E-state index in [1.165, 1.54) is 0 Å². The second-order valence-electron chi connectivity index (χ2n) is 4.03. The van der Waals surface area contributed by atoms with Crippen molar-refractivity contribution in [1.29, 1.82) is 0 Å². The highest BCUT2D eigenvalue weighted by molar-refractivity contribution is 6.32. The van der Waals surface area contributed by atoms with Crippen LogP contribution in [0.4, 0.5) is 0 Å². The molecule has 1 aliphatic heterocycles. The van der Waals surface area contributed by atoms with Crippen LogP contribution in [0, 0.1) is 0 Å². The summed E-state index contributed by atoms with van der Waals surface area (Å²) >= 11 is 0. The molecule has 0 saturated heterocycles. The van der Waals surface area contributed by atoms with Crippen LogP contribution in [0.3, 0.4) is 0 Å². The van der Waals surface area contributed by atoms with Crippen LogP contribution in [-0.4, -0.2) is 15.2 Å². The van der Waals surface area contributed by atoms with Gasteiger partial charge in [0, 0.05) is 27.0 Å². The Morgan fingerprint density at radius 2 is 1.88 bits per heavy atom. The lowest BCUT2D eigenvalue weighted by Gasteiger charge is -2.08. The van der Waals surface area contributed by atoms with Crippen LogP contribution < -0.4 is 10.6 Å². The fraction of sp³-hybridized carbons (Fsp3) is 0. The van der Waals surface area contributed by atoms with Crippen molar-refractivity contribution in [2.45, 2.75) is 0 Å². The zero-order valence-electron chi connectivity index (χ0n) is 8.95. The van der Waals surface area contributed by atoms with Crippen molar-refractivity contribution in [3.63, 3.8) is 0 Å². The van der Waals surface area contributed by atoms with Crippen LogP contribution in [0.15, 0.2) is 47.3 Å². The summed E-state index contributed by atoms with van der Waals surface area (Å²) in [4.78, 5) is 15.3. The Morgan fingerprint density at radius 3 is 2.75 bits per heavy atom. The molecule has 0 amide bonds. The molecule has 2 aliphatic rings. The summed E-state index contributed by atoms with van der Waals surface area (Å²) in [6, 6.07) is 13.9. The van der Waals surface area contributed by atoms with Crippen molar-refractivity contribution in [2.75, 3.05) is 0 Å². The van der Waals surface area contributed by atoms with Crippen molar-refractivity contribution >= 4 is 26.3 Å². The Morgan fingerprint density at radius 1 is 1.06 bits per heavy atom. The minimum atomic E-state index is 0.172. The number of para-hydroxylation sites is 1. The molecule has 0 atom stereocenters. The van der Waals surface area contributed by atoms with Gasteiger partial charge >= 0.3 is 0 Å². The number of rotatable bonds is 0. The maximum Gasteiger partial charge on any atom is 0.186 e. The predicted octanol–water partition coefficient (Wildman–Crippen LogP) is 0.624. The summed E-state index contributed by atoms with van der Waals surface area (Å²) in [6.45, 7) is 0. The molecule has 0 spiro atoms. The lowest BCUT2D eigenvalue weighted by molar-refractivity contribution is 1.38. The highest BCUT2D eigenvalue weighted by Gasteiger charge is 2.08. The number of aromatic amines is 1. The van der Waals surface area contributed by atoms with Crippen molar-refractivity contribution in [3.05, 3.63) is 52.7 Å². The molecule has 1 aromatic rings. The number of pyridine rings is 1. The number of hydrogen-bond acceptors (Lipinski definition) is 1. The first-order valence-corrected chi connectivity index (χ1v) is 6.27. The normalized spacial score (nSPS) is 11.2. The van der Waals surface area contributed by atoms with E-state index < -0.39 is 0 Å². The third-order valence-electron chi connectivity index (χ3n) is 2.92. The van der Waals surface area contributed by atoms with E-state index in [1.807, 2.05) is 42.5 Å². The van der Waals surface area contributed by atoms with E-state index in [4.69, 9.17) is 0 Å². The molecule has 0 unspecified atom stereocenters. The van der Waals surface area contributed by atoms with Gasteiger partial charge in [-0.1, -0.05) is 24.3 Å². The molecule has 3 rings (SSSR count). The fourth-order valence-corrected chi connectivity index (χ4v) is 2.43. The highest BCUT2D eigenvalue weighted by atomic mass is 28.1. The lowest BCUT2D eigenvalue weighted by Crippen LogP contribution is -2.26. The third-order valence-corrected chi connectivity index (χ3v) is 3.71. The van der Waals surface area contributed by atoms with Gasteiger partial charge in [0.2, 0.25) is 0 Å². The summed E-state index contributed by atoms with van der Waals surface area (Å²) < 4.78 is 0. The quantitative estimate of drug-likeness (QED) is 0.441. The SMILES string of the molecule is O=c1c([SiH3])ccc2[nH]c3ccccc3cc1-2. The molecular formula is C13H11NOSi. The minimum absolute atomic E-state index is 0.172. The van der Waals surface area contributed by atoms with Crippen LogP contribution in [0.2, 0.25) is 0 Å². The van der Waals surface area contributed by atoms with Gasteiger partial charge in [0.25, 0.3) is 0 Å². The fourth-order valence-electron chi connectivity index (χ4n) is 2.00. The Bertz CT molecular complexity index is 702. The first kappa shape index (κ1) is 9.36. The number of fused-ring (bicyclic) bond motifs is 2. The molecular weight excluding hydrogens is 214 g/mol. The number of aromatic nitrogens is 1. The first-order valence-electron chi connectivity index (χ1n) is 5.27. The van der Waals surface area contributed by atoms with E-state index in [9.17, 15) is 4.79 Å². The monoisotopic (exact) mass is 225 g/mol. The molecule has 0 radical (unpaired) electrons. The number of H-pyrrole nitrogens is 1. The maximum absolute atomic E-state index is 12.0. The van der Waals surface area contributed by atoms with Gasteiger partial charge in [0.1, 0.15) is 0 Å². The molecule has 1 heterocycles. The molecule has 78 valence electrons. The van der Waals surface area contributed by atoms with Crippen LogP contribution in [0.25, 0.3) is 22.2 Å². The van der Waals surface area contributed by atoms with E-state index in [1.54, 1.807) is 0 Å². The largest absolute Gasteiger partial charge is 0.354 e. The van der Waals surface area contributed by atoms with Gasteiger partial charge in [0.15, 0.2) is 5.43 Å². The molecule has 16 heavy (non-hydrogen) atoms. The van der Waals surface area contributed by atoms with Gasteiger partial charge in [-0.05, 0) is 28.8 Å². The Hall–Kier alpha value is -1.87. The number of hydrogen-bond donors (Lipinski definition) is 1. The first-order chi connectivity index (χ1) is 7.75. The highest BCUT2D eigenvalue weighted by Crippen LogP contribution is 2.20. The van der Waals surface area contributed by atoms with E-state index in [0.29, 0.717) is 0 Å². The molecule has 0 bridgehead atoms. The van der Waals surface area contributed by atoms with Gasteiger partial charge < -0.3 is 4.98 Å². The lowest BCUT2D eigenvalue weighted by atomic mass is 10.1. The second kappa shape index (κ2) is 3.32. The minimum Gasteiger partial charge on any atom is -0.354 e. The van der Waals surface area contributed by atoms with E-state index in [0.717, 1.165) is 37.6 Å². The van der Waals surface area contributed by atoms with E-state index in [-0.39, 0.29) is 5.43 Å². The molecule has 0 aromatic heterocycles. The second-order valence-corrected chi connectivity index (χ2v) is 5.11. The predicted molar refractivity (Wildman–Crippen MR) is 70.8 cm³/mol. The van der Waals surface area contributed by atoms with Crippen LogP contribution in [0.1, 0.15) is 0 Å². The topological polar surface area (TPSA) is 32.9 Å². The molecule has 1 aliphatic carbocycles. The van der Waals surface area contributed by atoms with Crippen LogP contribution in [0.5, 0.6) is 0 Å². The van der Waals surface area contributed by atoms with Gasteiger partial charge in [-0.15, -0.1) is 0 Å². The number of benzene rings is 2. The molecule has 3 heteroatoms. The summed E-state index contributed by atoms with van der Waals surface area (Å²) in [5.74, 6) is 0. The summed E-state index contributed by atoms with van der Waals surface area (Å²) in [6.07, 6.45) is 0. The zero-order valence-corrected chi connectivity index (χ0v) is 10.9. The average Bonchev–Trinajstić information content (AvgIpc) is 2.32. The van der Waals surface area contributed by atoms with E-state index >= 15 is 0 Å². The Kier molecular flexibility index (Phi) is 1.94. The van der Waals surface area contributed by atoms with E-state index in [2.05, 4.69) is 4.98 Å². The third kappa shape index (κ3) is 1.29. The summed E-state index contributed by atoms with van der Waals surface area (Å²) in [7, 11) is 0.800. The van der Waals surface area contributed by atoms with Gasteiger partial charge in [-0.3, -0.25) is 4.79 Å².